The summed E-state index contributed by atoms with van der Waals surface area (Å²) in [7, 11) is 0. The second kappa shape index (κ2) is 13.0. The van der Waals surface area contributed by atoms with Crippen molar-refractivity contribution in [2.45, 2.75) is 19.5 Å². The molecule has 0 radical (unpaired) electrons. The normalized spacial score (nSPS) is 11.6. The van der Waals surface area contributed by atoms with Crippen LogP contribution in [-0.4, -0.2) is 51.9 Å². The van der Waals surface area contributed by atoms with Gasteiger partial charge in [0.1, 0.15) is 5.69 Å². The zero-order valence-electron chi connectivity index (χ0n) is 18.0. The van der Waals surface area contributed by atoms with E-state index in [0.29, 0.717) is 32.1 Å². The minimum atomic E-state index is -4.50. The topological polar surface area (TPSA) is 92.0 Å². The highest BCUT2D eigenvalue weighted by Crippen LogP contribution is 2.27. The number of benzene rings is 1. The van der Waals surface area contributed by atoms with Gasteiger partial charge in [-0.1, -0.05) is 12.1 Å². The van der Waals surface area contributed by atoms with Crippen molar-refractivity contribution in [3.8, 4) is 5.69 Å². The van der Waals surface area contributed by atoms with Gasteiger partial charge in [0, 0.05) is 44.8 Å². The van der Waals surface area contributed by atoms with E-state index in [0.717, 1.165) is 29.9 Å². The molecule has 0 fully saturated rings. The van der Waals surface area contributed by atoms with Gasteiger partial charge in [-0.15, -0.1) is 24.0 Å². The molecule has 0 spiro atoms. The number of anilines is 1. The Morgan fingerprint density at radius 1 is 1.06 bits per heavy atom. The number of hydrogen-bond donors (Lipinski definition) is 3. The standard InChI is InChI=1S/C21H25F3N8.HI/c1-2-25-19(28-13-14-29-20-27-12-9-18(31-20)21(22,23)24)26-11-8-16-4-6-17(7-5-16)32-15-3-10-30-32;/h3-7,9-10,12,15H,2,8,11,13-14H2,1H3,(H2,25,26,28)(H,27,29,31);1H. The van der Waals surface area contributed by atoms with Crippen molar-refractivity contribution in [1.82, 2.24) is 30.4 Å². The lowest BCUT2D eigenvalue weighted by Gasteiger charge is -2.12. The molecule has 178 valence electrons. The summed E-state index contributed by atoms with van der Waals surface area (Å²) in [4.78, 5) is 11.8. The number of hydrogen-bond acceptors (Lipinski definition) is 5. The van der Waals surface area contributed by atoms with Gasteiger partial charge in [-0.05, 0) is 43.2 Å². The molecular formula is C21H26F3IN8. The van der Waals surface area contributed by atoms with E-state index in [-0.39, 0.29) is 29.9 Å². The second-order valence-corrected chi connectivity index (χ2v) is 6.74. The monoisotopic (exact) mass is 574 g/mol. The van der Waals surface area contributed by atoms with Crippen molar-refractivity contribution < 1.29 is 13.2 Å². The van der Waals surface area contributed by atoms with Crippen molar-refractivity contribution in [1.29, 1.82) is 0 Å². The van der Waals surface area contributed by atoms with Gasteiger partial charge in [-0.25, -0.2) is 14.6 Å². The van der Waals surface area contributed by atoms with E-state index in [1.165, 1.54) is 0 Å². The summed E-state index contributed by atoms with van der Waals surface area (Å²) in [5.41, 5.74) is 1.17. The quantitative estimate of drug-likeness (QED) is 0.157. The van der Waals surface area contributed by atoms with E-state index in [9.17, 15) is 13.2 Å². The molecule has 2 heterocycles. The molecule has 3 N–H and O–H groups in total. The molecule has 3 rings (SSSR count). The molecule has 0 saturated carbocycles. The first kappa shape index (κ1) is 26.4. The van der Waals surface area contributed by atoms with Crippen LogP contribution in [-0.2, 0) is 12.6 Å². The fraction of sp³-hybridized carbons (Fsp3) is 0.333. The summed E-state index contributed by atoms with van der Waals surface area (Å²) in [6.45, 7) is 4.00. The molecule has 0 aliphatic carbocycles. The summed E-state index contributed by atoms with van der Waals surface area (Å²) in [5, 5.41) is 13.3. The van der Waals surface area contributed by atoms with E-state index < -0.39 is 11.9 Å². The molecule has 12 heteroatoms. The fourth-order valence-corrected chi connectivity index (χ4v) is 2.83. The number of nitrogens with zero attached hydrogens (tertiary/aromatic N) is 5. The predicted octanol–water partition coefficient (Wildman–Crippen LogP) is 3.51. The summed E-state index contributed by atoms with van der Waals surface area (Å²) >= 11 is 0. The van der Waals surface area contributed by atoms with E-state index >= 15 is 0 Å². The first-order chi connectivity index (χ1) is 15.5. The average Bonchev–Trinajstić information content (AvgIpc) is 3.32. The van der Waals surface area contributed by atoms with E-state index in [2.05, 4.69) is 36.0 Å². The van der Waals surface area contributed by atoms with Crippen LogP contribution in [0.25, 0.3) is 5.69 Å². The third-order valence-electron chi connectivity index (χ3n) is 4.37. The minimum absolute atomic E-state index is 0. The van der Waals surface area contributed by atoms with Gasteiger partial charge in [-0.3, -0.25) is 4.99 Å². The summed E-state index contributed by atoms with van der Waals surface area (Å²) in [6.07, 6.45) is 0.981. The van der Waals surface area contributed by atoms with Crippen LogP contribution in [0.3, 0.4) is 0 Å². The predicted molar refractivity (Wildman–Crippen MR) is 132 cm³/mol. The van der Waals surface area contributed by atoms with Gasteiger partial charge in [0.2, 0.25) is 5.95 Å². The van der Waals surface area contributed by atoms with Gasteiger partial charge < -0.3 is 16.0 Å². The second-order valence-electron chi connectivity index (χ2n) is 6.74. The zero-order chi connectivity index (χ0) is 22.8. The Bertz CT molecular complexity index is 991. The molecule has 0 amide bonds. The van der Waals surface area contributed by atoms with Crippen LogP contribution >= 0.6 is 24.0 Å². The smallest absolute Gasteiger partial charge is 0.357 e. The summed E-state index contributed by atoms with van der Waals surface area (Å²) in [5.74, 6) is 0.564. The highest BCUT2D eigenvalue weighted by molar-refractivity contribution is 14.0. The number of rotatable bonds is 9. The van der Waals surface area contributed by atoms with Crippen molar-refractivity contribution in [3.05, 3.63) is 66.2 Å². The highest BCUT2D eigenvalue weighted by atomic mass is 127. The Morgan fingerprint density at radius 2 is 1.85 bits per heavy atom. The van der Waals surface area contributed by atoms with Crippen molar-refractivity contribution in [2.24, 2.45) is 4.99 Å². The molecular weight excluding hydrogens is 548 g/mol. The number of halogens is 4. The number of guanidine groups is 1. The third kappa shape index (κ3) is 8.51. The lowest BCUT2D eigenvalue weighted by atomic mass is 10.1. The van der Waals surface area contributed by atoms with Crippen LogP contribution in [0.4, 0.5) is 19.1 Å². The van der Waals surface area contributed by atoms with Gasteiger partial charge >= 0.3 is 6.18 Å². The first-order valence-electron chi connectivity index (χ1n) is 10.2. The van der Waals surface area contributed by atoms with Gasteiger partial charge in [0.05, 0.1) is 5.69 Å². The van der Waals surface area contributed by atoms with Crippen molar-refractivity contribution in [3.63, 3.8) is 0 Å². The van der Waals surface area contributed by atoms with Crippen molar-refractivity contribution >= 4 is 35.9 Å². The molecule has 0 saturated heterocycles. The molecule has 8 nitrogen and oxygen atoms in total. The average molecular weight is 574 g/mol. The minimum Gasteiger partial charge on any atom is -0.357 e. The van der Waals surface area contributed by atoms with Crippen molar-refractivity contribution in [2.75, 3.05) is 31.5 Å². The first-order valence-corrected chi connectivity index (χ1v) is 10.2. The maximum absolute atomic E-state index is 12.7. The fourth-order valence-electron chi connectivity index (χ4n) is 2.83. The van der Waals surface area contributed by atoms with Crippen LogP contribution in [0.15, 0.2) is 60.0 Å². The van der Waals surface area contributed by atoms with Crippen LogP contribution in [0.1, 0.15) is 18.2 Å². The molecule has 0 unspecified atom stereocenters. The largest absolute Gasteiger partial charge is 0.433 e. The highest BCUT2D eigenvalue weighted by Gasteiger charge is 2.32. The molecule has 0 aliphatic rings. The molecule has 0 bridgehead atoms. The summed E-state index contributed by atoms with van der Waals surface area (Å²) in [6, 6.07) is 10.8. The Labute approximate surface area is 207 Å². The number of aliphatic imine (C=N–C) groups is 1. The molecule has 3 aromatic rings. The number of alkyl halides is 3. The Balaban J connectivity index is 0.00000385. The lowest BCUT2D eigenvalue weighted by Crippen LogP contribution is -2.39. The SMILES string of the molecule is CCNC(=NCCc1ccc(-n2cccn2)cc1)NCCNc1nccc(C(F)(F)F)n1.I. The Hall–Kier alpha value is -2.90. The molecule has 0 aliphatic heterocycles. The van der Waals surface area contributed by atoms with Crippen LogP contribution in [0, 0.1) is 0 Å². The third-order valence-corrected chi connectivity index (χ3v) is 4.37. The van der Waals surface area contributed by atoms with E-state index in [1.54, 1.807) is 10.9 Å². The Morgan fingerprint density at radius 3 is 2.52 bits per heavy atom. The van der Waals surface area contributed by atoms with E-state index in [1.807, 2.05) is 43.5 Å². The zero-order valence-corrected chi connectivity index (χ0v) is 20.3. The maximum Gasteiger partial charge on any atom is 0.433 e. The molecule has 2 aromatic heterocycles. The number of aromatic nitrogens is 4. The molecule has 1 aromatic carbocycles. The summed E-state index contributed by atoms with van der Waals surface area (Å²) < 4.78 is 39.9. The van der Waals surface area contributed by atoms with Gasteiger partial charge in [-0.2, -0.15) is 18.3 Å². The Kier molecular flexibility index (Phi) is 10.4. The molecule has 0 atom stereocenters. The maximum atomic E-state index is 12.7. The van der Waals surface area contributed by atoms with Gasteiger partial charge in [0.25, 0.3) is 0 Å². The molecule has 33 heavy (non-hydrogen) atoms. The van der Waals surface area contributed by atoms with Gasteiger partial charge in [0.15, 0.2) is 5.96 Å². The number of nitrogens with one attached hydrogen (secondary N) is 3. The lowest BCUT2D eigenvalue weighted by molar-refractivity contribution is -0.141. The van der Waals surface area contributed by atoms with Crippen LogP contribution < -0.4 is 16.0 Å². The van der Waals surface area contributed by atoms with E-state index in [4.69, 9.17) is 0 Å². The van der Waals surface area contributed by atoms with Crippen LogP contribution in [0.2, 0.25) is 0 Å². The van der Waals surface area contributed by atoms with Crippen LogP contribution in [0.5, 0.6) is 0 Å².